The zero-order chi connectivity index (χ0) is 47.6. The average Bonchev–Trinajstić information content (AvgIpc) is 3.22. The molecular formula is C50H100N2O8P2. The summed E-state index contributed by atoms with van der Waals surface area (Å²) < 4.78 is 37.4. The van der Waals surface area contributed by atoms with Crippen molar-refractivity contribution < 1.29 is 46.3 Å². The van der Waals surface area contributed by atoms with Gasteiger partial charge in [0.15, 0.2) is 0 Å². The van der Waals surface area contributed by atoms with Gasteiger partial charge in [-0.15, -0.1) is 6.42 Å². The van der Waals surface area contributed by atoms with Crippen LogP contribution in [0.3, 0.4) is 0 Å². The maximum atomic E-state index is 11.1. The Morgan fingerprint density at radius 3 is 1.16 bits per heavy atom. The fourth-order valence-corrected chi connectivity index (χ4v) is 8.79. The van der Waals surface area contributed by atoms with Crippen molar-refractivity contribution in [3.63, 3.8) is 0 Å². The number of unbranched alkanes of at least 4 members (excludes halogenated alkanes) is 8. The van der Waals surface area contributed by atoms with Gasteiger partial charge < -0.3 is 32.9 Å². The topological polar surface area (TPSA) is 128 Å². The van der Waals surface area contributed by atoms with Crippen molar-refractivity contribution in [3.05, 3.63) is 34.9 Å². The highest BCUT2D eigenvalue weighted by Crippen LogP contribution is 2.52. The number of phosphoric acid groups is 2. The lowest BCUT2D eigenvalue weighted by atomic mass is 10.1. The lowest BCUT2D eigenvalue weighted by Crippen LogP contribution is -2.50. The molecule has 0 aromatic rings. The van der Waals surface area contributed by atoms with Crippen molar-refractivity contribution in [3.8, 4) is 12.3 Å². The highest BCUT2D eigenvalue weighted by atomic mass is 31.3. The SMILES string of the molecule is C#CCOC/C(C)=C/CC/C(C)=C/CC/C(C)=C/COP(=O)([O-])OP(=O)([O-])O.CCCC[N+](CCCC)(CCCC)CCCC.CCCC[N+](CCCC)(CCCC)CCCC. The molecule has 0 saturated heterocycles. The number of hydrogen-bond donors (Lipinski definition) is 1. The molecule has 0 fully saturated rings. The molecule has 2 atom stereocenters. The minimum absolute atomic E-state index is 0.308. The van der Waals surface area contributed by atoms with Crippen molar-refractivity contribution in [1.82, 2.24) is 0 Å². The quantitative estimate of drug-likeness (QED) is 0.0213. The molecule has 0 radical (unpaired) electrons. The molecule has 368 valence electrons. The van der Waals surface area contributed by atoms with Gasteiger partial charge in [-0.1, -0.05) is 148 Å². The number of rotatable bonds is 38. The first-order valence-corrected chi connectivity index (χ1v) is 27.8. The van der Waals surface area contributed by atoms with Gasteiger partial charge in [0.1, 0.15) is 6.61 Å². The van der Waals surface area contributed by atoms with Gasteiger partial charge in [-0.25, -0.2) is 4.31 Å². The van der Waals surface area contributed by atoms with E-state index in [9.17, 15) is 18.9 Å². The van der Waals surface area contributed by atoms with Crippen LogP contribution in [0, 0.1) is 12.3 Å². The van der Waals surface area contributed by atoms with E-state index in [-0.39, 0.29) is 6.61 Å². The summed E-state index contributed by atoms with van der Waals surface area (Å²) in [5, 5.41) is 0. The fourth-order valence-electron chi connectivity index (χ4n) is 7.34. The van der Waals surface area contributed by atoms with E-state index in [1.807, 2.05) is 13.8 Å². The van der Waals surface area contributed by atoms with Crippen LogP contribution in [0.25, 0.3) is 0 Å². The van der Waals surface area contributed by atoms with E-state index in [2.05, 4.69) is 82.3 Å². The second kappa shape index (κ2) is 42.5. The van der Waals surface area contributed by atoms with Crippen LogP contribution in [0.1, 0.15) is 205 Å². The normalized spacial score (nSPS) is 14.6. The van der Waals surface area contributed by atoms with E-state index in [0.717, 1.165) is 30.4 Å². The first-order valence-electron chi connectivity index (χ1n) is 24.8. The Labute approximate surface area is 384 Å². The van der Waals surface area contributed by atoms with Crippen LogP contribution in [0.4, 0.5) is 0 Å². The molecule has 2 unspecified atom stereocenters. The predicted octanol–water partition coefficient (Wildman–Crippen LogP) is 13.0. The van der Waals surface area contributed by atoms with Gasteiger partial charge in [-0.05, 0) is 97.8 Å². The summed E-state index contributed by atoms with van der Waals surface area (Å²) in [6, 6.07) is 0. The lowest BCUT2D eigenvalue weighted by Gasteiger charge is -2.39. The predicted molar refractivity (Wildman–Crippen MR) is 263 cm³/mol. The minimum atomic E-state index is -5.40. The smallest absolute Gasteiger partial charge is 0.274 e. The van der Waals surface area contributed by atoms with Gasteiger partial charge in [0.2, 0.25) is 0 Å². The summed E-state index contributed by atoms with van der Waals surface area (Å²) in [5.74, 6) is 2.42. The van der Waals surface area contributed by atoms with E-state index < -0.39 is 15.6 Å². The summed E-state index contributed by atoms with van der Waals surface area (Å²) in [5.41, 5.74) is 3.25. The van der Waals surface area contributed by atoms with Crippen molar-refractivity contribution in [1.29, 1.82) is 0 Å². The van der Waals surface area contributed by atoms with E-state index >= 15 is 0 Å². The number of terminal acetylenes is 1. The van der Waals surface area contributed by atoms with Crippen molar-refractivity contribution in [2.45, 2.75) is 205 Å². The Morgan fingerprint density at radius 2 is 0.871 bits per heavy atom. The van der Waals surface area contributed by atoms with Crippen molar-refractivity contribution >= 4 is 15.6 Å². The molecule has 0 aromatic carbocycles. The zero-order valence-electron chi connectivity index (χ0n) is 42.3. The first kappa shape index (κ1) is 65.2. The maximum Gasteiger partial charge on any atom is 0.274 e. The Bertz CT molecular complexity index is 1160. The maximum absolute atomic E-state index is 11.1. The Kier molecular flexibility index (Phi) is 44.7. The van der Waals surface area contributed by atoms with Gasteiger partial charge >= 0.3 is 0 Å². The van der Waals surface area contributed by atoms with Gasteiger partial charge in [0.25, 0.3) is 15.6 Å². The number of phosphoric ester groups is 1. The number of allylic oxidation sites excluding steroid dienone is 4. The van der Waals surface area contributed by atoms with Gasteiger partial charge in [-0.3, -0.25) is 9.13 Å². The summed E-state index contributed by atoms with van der Waals surface area (Å²) in [6.07, 6.45) is 36.3. The van der Waals surface area contributed by atoms with Crippen molar-refractivity contribution in [2.75, 3.05) is 72.2 Å². The van der Waals surface area contributed by atoms with Crippen LogP contribution in [0.5, 0.6) is 0 Å². The van der Waals surface area contributed by atoms with Crippen LogP contribution in [-0.4, -0.2) is 86.0 Å². The number of hydrogen-bond acceptors (Lipinski definition) is 7. The second-order valence-electron chi connectivity index (χ2n) is 17.5. The third-order valence-corrected chi connectivity index (χ3v) is 13.4. The Morgan fingerprint density at radius 1 is 0.565 bits per heavy atom. The molecule has 10 nitrogen and oxygen atoms in total. The fraction of sp³-hybridized carbons (Fsp3) is 0.840. The van der Waals surface area contributed by atoms with Gasteiger partial charge in [0.05, 0.1) is 65.6 Å². The molecule has 0 aliphatic rings. The van der Waals surface area contributed by atoms with Crippen molar-refractivity contribution in [2.24, 2.45) is 0 Å². The molecule has 0 amide bonds. The third kappa shape index (κ3) is 41.6. The molecule has 12 heteroatoms. The van der Waals surface area contributed by atoms with E-state index in [0.29, 0.717) is 19.6 Å². The molecule has 0 bridgehead atoms. The van der Waals surface area contributed by atoms with E-state index in [1.165, 1.54) is 176 Å². The minimum Gasteiger partial charge on any atom is -0.756 e. The Hall–Kier alpha value is -1.08. The summed E-state index contributed by atoms with van der Waals surface area (Å²) in [7, 11) is -10.5. The largest absolute Gasteiger partial charge is 0.756 e. The zero-order valence-corrected chi connectivity index (χ0v) is 44.1. The first-order chi connectivity index (χ1) is 29.4. The van der Waals surface area contributed by atoms with Crippen LogP contribution in [0.2, 0.25) is 0 Å². The summed E-state index contributed by atoms with van der Waals surface area (Å²) in [4.78, 5) is 29.9. The molecule has 0 aliphatic heterocycles. The highest BCUT2D eigenvalue weighted by molar-refractivity contribution is 7.59. The molecule has 0 aromatic heterocycles. The van der Waals surface area contributed by atoms with E-state index in [4.69, 9.17) is 16.1 Å². The number of quaternary nitrogens is 2. The molecule has 1 N–H and O–H groups in total. The average molecular weight is 919 g/mol. The van der Waals surface area contributed by atoms with Gasteiger partial charge in [-0.2, -0.15) is 0 Å². The van der Waals surface area contributed by atoms with Crippen LogP contribution in [-0.2, 0) is 22.7 Å². The van der Waals surface area contributed by atoms with E-state index in [1.54, 1.807) is 6.92 Å². The van der Waals surface area contributed by atoms with Crippen LogP contribution >= 0.6 is 15.6 Å². The molecule has 0 spiro atoms. The number of ether oxygens (including phenoxy) is 1. The highest BCUT2D eigenvalue weighted by Gasteiger charge is 2.26. The third-order valence-electron chi connectivity index (χ3n) is 11.3. The lowest BCUT2D eigenvalue weighted by molar-refractivity contribution is -0.929. The number of nitrogens with zero attached hydrogens (tertiary/aromatic N) is 2. The second-order valence-corrected chi connectivity index (χ2v) is 20.3. The molecule has 0 saturated carbocycles. The molecule has 0 heterocycles. The van der Waals surface area contributed by atoms with Crippen LogP contribution in [0.15, 0.2) is 34.9 Å². The molecular weight excluding hydrogens is 819 g/mol. The molecule has 0 aliphatic carbocycles. The van der Waals surface area contributed by atoms with Gasteiger partial charge in [0, 0.05) is 0 Å². The Balaban J connectivity index is -0.000000888. The van der Waals surface area contributed by atoms with Crippen LogP contribution < -0.4 is 9.79 Å². The molecule has 62 heavy (non-hydrogen) atoms. The standard InChI is InChI=1S/C18H30O8P2.2C16H36N/c1-5-13-24-15-18(4)11-7-9-16(2)8-6-10-17(3)12-14-25-28(22,23)26-27(19,20)21;2*1-5-9-13-17(14-10-6-2,15-11-7-3)16-12-8-4/h1,8,11-12H,6-7,9-10,13-15H2,2-4H3,(H,22,23)(H2,19,20,21);2*5-16H2,1-4H3/q;2*+1/p-2/b16-8+,17-12+,18-11+;;. The summed E-state index contributed by atoms with van der Waals surface area (Å²) >= 11 is 0. The molecule has 0 rings (SSSR count). The monoisotopic (exact) mass is 919 g/mol. The summed E-state index contributed by atoms with van der Waals surface area (Å²) in [6.45, 7) is 36.3.